The molecule has 112 valence electrons. The Bertz CT molecular complexity index is 410. The van der Waals surface area contributed by atoms with Crippen molar-refractivity contribution >= 4 is 5.95 Å². The molecule has 0 atom stereocenters. The fraction of sp³-hybridized carbons (Fsp3) is 0.714. The minimum absolute atomic E-state index is 0.609. The Morgan fingerprint density at radius 1 is 1.30 bits per heavy atom. The second-order valence-electron chi connectivity index (χ2n) is 5.98. The summed E-state index contributed by atoms with van der Waals surface area (Å²) in [6.45, 7) is 8.11. The van der Waals surface area contributed by atoms with Gasteiger partial charge in [0, 0.05) is 44.1 Å². The van der Waals surface area contributed by atoms with Crippen LogP contribution in [0.2, 0.25) is 0 Å². The van der Waals surface area contributed by atoms with Gasteiger partial charge >= 0.3 is 0 Å². The Kier molecular flexibility index (Phi) is 4.91. The summed E-state index contributed by atoms with van der Waals surface area (Å²) < 4.78 is 5.32. The quantitative estimate of drug-likeness (QED) is 0.848. The van der Waals surface area contributed by atoms with E-state index >= 15 is 0 Å². The van der Waals surface area contributed by atoms with E-state index < -0.39 is 5.60 Å². The van der Waals surface area contributed by atoms with E-state index in [1.807, 2.05) is 33.3 Å². The van der Waals surface area contributed by atoms with Crippen LogP contribution in [0.25, 0.3) is 0 Å². The summed E-state index contributed by atoms with van der Waals surface area (Å²) in [4.78, 5) is 13.0. The van der Waals surface area contributed by atoms with Crippen molar-refractivity contribution in [2.24, 2.45) is 0 Å². The maximum Gasteiger partial charge on any atom is 0.225 e. The van der Waals surface area contributed by atoms with E-state index in [-0.39, 0.29) is 0 Å². The Morgan fingerprint density at radius 2 is 1.90 bits per heavy atom. The average molecular weight is 280 g/mol. The molecule has 0 radical (unpaired) electrons. The first-order valence-electron chi connectivity index (χ1n) is 6.98. The van der Waals surface area contributed by atoms with Crippen molar-refractivity contribution in [3.8, 4) is 0 Å². The topological polar surface area (TPSA) is 61.7 Å². The summed E-state index contributed by atoms with van der Waals surface area (Å²) >= 11 is 0. The zero-order valence-corrected chi connectivity index (χ0v) is 12.5. The molecule has 1 aliphatic heterocycles. The predicted molar refractivity (Wildman–Crippen MR) is 77.7 cm³/mol. The lowest BCUT2D eigenvalue weighted by Crippen LogP contribution is -2.37. The van der Waals surface area contributed by atoms with Crippen molar-refractivity contribution in [3.05, 3.63) is 18.0 Å². The van der Waals surface area contributed by atoms with Crippen LogP contribution in [0.1, 0.15) is 19.4 Å². The van der Waals surface area contributed by atoms with Gasteiger partial charge in [-0.25, -0.2) is 9.97 Å². The Labute approximate surface area is 120 Å². The molecule has 6 heteroatoms. The van der Waals surface area contributed by atoms with Crippen LogP contribution in [-0.4, -0.2) is 65.5 Å². The second-order valence-corrected chi connectivity index (χ2v) is 5.98. The fourth-order valence-corrected chi connectivity index (χ4v) is 2.38. The Balaban J connectivity index is 1.91. The zero-order chi connectivity index (χ0) is 14.6. The molecule has 1 N–H and O–H groups in total. The van der Waals surface area contributed by atoms with Crippen LogP contribution in [0.5, 0.6) is 0 Å². The van der Waals surface area contributed by atoms with Crippen LogP contribution in [0.4, 0.5) is 5.95 Å². The third-order valence-corrected chi connectivity index (χ3v) is 3.09. The molecule has 0 unspecified atom stereocenters. The largest absolute Gasteiger partial charge is 0.389 e. The standard InChI is InChI=1S/C14H24N4O2/c1-14(2,19)11-17(3)10-12-8-15-13(16-9-12)18-4-6-20-7-5-18/h8-9,19H,4-7,10-11H2,1-3H3. The third kappa shape index (κ3) is 4.70. The maximum absolute atomic E-state index is 9.79. The molecule has 2 rings (SSSR count). The first-order chi connectivity index (χ1) is 9.44. The van der Waals surface area contributed by atoms with Crippen molar-refractivity contribution in [1.29, 1.82) is 0 Å². The first kappa shape index (κ1) is 15.2. The van der Waals surface area contributed by atoms with Crippen LogP contribution in [0.3, 0.4) is 0 Å². The highest BCUT2D eigenvalue weighted by Crippen LogP contribution is 2.11. The number of hydrogen-bond acceptors (Lipinski definition) is 6. The van der Waals surface area contributed by atoms with Gasteiger partial charge in [-0.05, 0) is 20.9 Å². The van der Waals surface area contributed by atoms with Crippen LogP contribution in [-0.2, 0) is 11.3 Å². The van der Waals surface area contributed by atoms with E-state index in [0.717, 1.165) is 44.4 Å². The molecule has 1 aromatic rings. The number of aliphatic hydroxyl groups is 1. The first-order valence-corrected chi connectivity index (χ1v) is 6.98. The molecule has 0 aliphatic carbocycles. The Hall–Kier alpha value is -1.24. The van der Waals surface area contributed by atoms with Crippen LogP contribution < -0.4 is 4.90 Å². The van der Waals surface area contributed by atoms with E-state index in [4.69, 9.17) is 4.74 Å². The van der Waals surface area contributed by atoms with E-state index in [2.05, 4.69) is 19.8 Å². The van der Waals surface area contributed by atoms with E-state index in [9.17, 15) is 5.11 Å². The smallest absolute Gasteiger partial charge is 0.225 e. The van der Waals surface area contributed by atoms with Gasteiger partial charge in [0.15, 0.2) is 0 Å². The van der Waals surface area contributed by atoms with E-state index in [1.165, 1.54) is 0 Å². The molecular formula is C14H24N4O2. The summed E-state index contributed by atoms with van der Waals surface area (Å²) in [5.74, 6) is 0.766. The van der Waals surface area contributed by atoms with Gasteiger partial charge < -0.3 is 14.7 Å². The SMILES string of the molecule is CN(Cc1cnc(N2CCOCC2)nc1)CC(C)(C)O. The highest BCUT2D eigenvalue weighted by atomic mass is 16.5. The van der Waals surface area contributed by atoms with Crippen molar-refractivity contribution in [1.82, 2.24) is 14.9 Å². The van der Waals surface area contributed by atoms with Gasteiger partial charge in [-0.3, -0.25) is 4.90 Å². The van der Waals surface area contributed by atoms with E-state index in [1.54, 1.807) is 0 Å². The van der Waals surface area contributed by atoms with Crippen LogP contribution in [0, 0.1) is 0 Å². The zero-order valence-electron chi connectivity index (χ0n) is 12.5. The lowest BCUT2D eigenvalue weighted by molar-refractivity contribution is 0.0424. The fourth-order valence-electron chi connectivity index (χ4n) is 2.38. The van der Waals surface area contributed by atoms with E-state index in [0.29, 0.717) is 6.54 Å². The lowest BCUT2D eigenvalue weighted by Gasteiger charge is -2.27. The van der Waals surface area contributed by atoms with Gasteiger partial charge in [-0.15, -0.1) is 0 Å². The molecule has 1 aliphatic rings. The number of likely N-dealkylation sites (N-methyl/N-ethyl adjacent to an activating group) is 1. The van der Waals surface area contributed by atoms with Crippen molar-refractivity contribution in [3.63, 3.8) is 0 Å². The number of nitrogens with zero attached hydrogens (tertiary/aromatic N) is 4. The van der Waals surface area contributed by atoms with Gasteiger partial charge in [0.2, 0.25) is 5.95 Å². The van der Waals surface area contributed by atoms with Gasteiger partial charge in [-0.2, -0.15) is 0 Å². The molecule has 2 heterocycles. The maximum atomic E-state index is 9.79. The molecule has 1 saturated heterocycles. The monoisotopic (exact) mass is 280 g/mol. The lowest BCUT2D eigenvalue weighted by atomic mass is 10.1. The molecule has 0 amide bonds. The minimum Gasteiger partial charge on any atom is -0.389 e. The van der Waals surface area contributed by atoms with Gasteiger partial charge in [0.1, 0.15) is 0 Å². The number of rotatable bonds is 5. The molecule has 1 fully saturated rings. The van der Waals surface area contributed by atoms with Crippen LogP contribution >= 0.6 is 0 Å². The average Bonchev–Trinajstić information content (AvgIpc) is 2.38. The summed E-state index contributed by atoms with van der Waals surface area (Å²) in [7, 11) is 1.98. The van der Waals surface area contributed by atoms with Gasteiger partial charge in [-0.1, -0.05) is 0 Å². The van der Waals surface area contributed by atoms with Crippen molar-refractivity contribution < 1.29 is 9.84 Å². The molecule has 20 heavy (non-hydrogen) atoms. The highest BCUT2D eigenvalue weighted by molar-refractivity contribution is 5.30. The molecule has 0 spiro atoms. The number of hydrogen-bond donors (Lipinski definition) is 1. The van der Waals surface area contributed by atoms with Crippen molar-refractivity contribution in [2.45, 2.75) is 26.0 Å². The highest BCUT2D eigenvalue weighted by Gasteiger charge is 2.16. The minimum atomic E-state index is -0.691. The number of ether oxygens (including phenoxy) is 1. The number of anilines is 1. The summed E-state index contributed by atoms with van der Waals surface area (Å²) in [5, 5.41) is 9.79. The Morgan fingerprint density at radius 3 is 2.45 bits per heavy atom. The molecule has 1 aromatic heterocycles. The summed E-state index contributed by atoms with van der Waals surface area (Å²) in [6, 6.07) is 0. The molecule has 0 aromatic carbocycles. The van der Waals surface area contributed by atoms with Crippen LogP contribution in [0.15, 0.2) is 12.4 Å². The second kappa shape index (κ2) is 6.47. The summed E-state index contributed by atoms with van der Waals surface area (Å²) in [6.07, 6.45) is 3.72. The number of aromatic nitrogens is 2. The molecule has 0 saturated carbocycles. The normalized spacial score (nSPS) is 16.8. The summed E-state index contributed by atoms with van der Waals surface area (Å²) in [5.41, 5.74) is 0.359. The third-order valence-electron chi connectivity index (χ3n) is 3.09. The van der Waals surface area contributed by atoms with Gasteiger partial charge in [0.05, 0.1) is 18.8 Å². The predicted octanol–water partition coefficient (Wildman–Crippen LogP) is 0.516. The molecule has 0 bridgehead atoms. The van der Waals surface area contributed by atoms with Gasteiger partial charge in [0.25, 0.3) is 0 Å². The number of morpholine rings is 1. The van der Waals surface area contributed by atoms with Crippen molar-refractivity contribution in [2.75, 3.05) is 44.8 Å². The molecular weight excluding hydrogens is 256 g/mol. The molecule has 6 nitrogen and oxygen atoms in total.